The van der Waals surface area contributed by atoms with Crippen LogP contribution in [0.4, 0.5) is 26.0 Å². The minimum Gasteiger partial charge on any atom is -0.395 e. The smallest absolute Gasteiger partial charge is 0.151 e. The van der Waals surface area contributed by atoms with Crippen LogP contribution in [0.2, 0.25) is 0 Å². The molecule has 21 heavy (non-hydrogen) atoms. The number of anilines is 3. The van der Waals surface area contributed by atoms with Gasteiger partial charge < -0.3 is 15.5 Å². The number of rotatable bonds is 2. The summed E-state index contributed by atoms with van der Waals surface area (Å²) in [7, 11) is 0. The molecule has 1 aliphatic heterocycles. The monoisotopic (exact) mass is 290 g/mol. The minimum atomic E-state index is -0.711. The molecule has 3 rings (SSSR count). The molecule has 0 bridgehead atoms. The van der Waals surface area contributed by atoms with Crippen molar-refractivity contribution in [1.29, 1.82) is 0 Å². The molecule has 0 radical (unpaired) electrons. The quantitative estimate of drug-likeness (QED) is 0.862. The molecule has 2 N–H and O–H groups in total. The number of halogens is 2. The zero-order valence-electron chi connectivity index (χ0n) is 11.5. The number of aromatic nitrogens is 1. The number of piperazine rings is 1. The summed E-state index contributed by atoms with van der Waals surface area (Å²) in [5, 5.41) is 0. The maximum absolute atomic E-state index is 13.5. The first-order chi connectivity index (χ1) is 10.1. The van der Waals surface area contributed by atoms with E-state index < -0.39 is 11.6 Å². The third-order valence-electron chi connectivity index (χ3n) is 3.67. The van der Waals surface area contributed by atoms with E-state index in [1.807, 2.05) is 23.1 Å². The van der Waals surface area contributed by atoms with Crippen LogP contribution in [0.15, 0.2) is 36.5 Å². The molecule has 1 aliphatic rings. The van der Waals surface area contributed by atoms with Crippen molar-refractivity contribution in [2.75, 3.05) is 41.7 Å². The molecule has 6 heteroatoms. The summed E-state index contributed by atoms with van der Waals surface area (Å²) < 4.78 is 26.9. The van der Waals surface area contributed by atoms with Gasteiger partial charge in [-0.25, -0.2) is 13.8 Å². The van der Waals surface area contributed by atoms with Gasteiger partial charge in [0.15, 0.2) is 5.82 Å². The van der Waals surface area contributed by atoms with Crippen LogP contribution in [0.1, 0.15) is 0 Å². The van der Waals surface area contributed by atoms with E-state index in [-0.39, 0.29) is 5.69 Å². The third-order valence-corrected chi connectivity index (χ3v) is 3.67. The van der Waals surface area contributed by atoms with E-state index in [2.05, 4.69) is 9.88 Å². The Morgan fingerprint density at radius 2 is 1.71 bits per heavy atom. The normalized spacial score (nSPS) is 15.3. The van der Waals surface area contributed by atoms with Crippen LogP contribution in [-0.4, -0.2) is 31.2 Å². The van der Waals surface area contributed by atoms with Gasteiger partial charge in [0.25, 0.3) is 0 Å². The van der Waals surface area contributed by atoms with Gasteiger partial charge in [-0.15, -0.1) is 0 Å². The van der Waals surface area contributed by atoms with Crippen LogP contribution in [0, 0.1) is 11.6 Å². The summed E-state index contributed by atoms with van der Waals surface area (Å²) in [6.45, 7) is 2.75. The molecular weight excluding hydrogens is 274 g/mol. The van der Waals surface area contributed by atoms with E-state index >= 15 is 0 Å². The fourth-order valence-electron chi connectivity index (χ4n) is 2.55. The van der Waals surface area contributed by atoms with Crippen molar-refractivity contribution in [2.45, 2.75) is 0 Å². The molecule has 4 nitrogen and oxygen atoms in total. The number of nitrogen functional groups attached to an aromatic ring is 1. The summed E-state index contributed by atoms with van der Waals surface area (Å²) in [6, 6.07) is 7.86. The first-order valence-corrected chi connectivity index (χ1v) is 6.80. The molecule has 1 fully saturated rings. The molecule has 2 heterocycles. The Bertz CT molecular complexity index is 625. The summed E-state index contributed by atoms with van der Waals surface area (Å²) in [5.41, 5.74) is 6.15. The van der Waals surface area contributed by atoms with Crippen LogP contribution in [-0.2, 0) is 0 Å². The molecular formula is C15H16F2N4. The van der Waals surface area contributed by atoms with Crippen LogP contribution >= 0.6 is 0 Å². The van der Waals surface area contributed by atoms with Crippen LogP contribution in [0.5, 0.6) is 0 Å². The Labute approximate surface area is 121 Å². The lowest BCUT2D eigenvalue weighted by molar-refractivity contribution is 0.581. The number of hydrogen-bond donors (Lipinski definition) is 1. The van der Waals surface area contributed by atoms with Gasteiger partial charge in [0.1, 0.15) is 11.6 Å². The number of nitrogens with zero attached hydrogens (tertiary/aromatic N) is 3. The minimum absolute atomic E-state index is 0.00249. The maximum atomic E-state index is 13.5. The number of pyridine rings is 1. The highest BCUT2D eigenvalue weighted by atomic mass is 19.1. The second-order valence-electron chi connectivity index (χ2n) is 4.98. The Balaban J connectivity index is 1.74. The highest BCUT2D eigenvalue weighted by Crippen LogP contribution is 2.28. The van der Waals surface area contributed by atoms with E-state index in [1.165, 1.54) is 6.07 Å². The number of nitrogens with two attached hydrogens (primary N) is 1. The topological polar surface area (TPSA) is 45.4 Å². The van der Waals surface area contributed by atoms with E-state index in [1.54, 1.807) is 6.20 Å². The number of hydrogen-bond acceptors (Lipinski definition) is 4. The molecule has 0 spiro atoms. The lowest BCUT2D eigenvalue weighted by Crippen LogP contribution is -2.47. The van der Waals surface area contributed by atoms with Crippen LogP contribution in [0.3, 0.4) is 0 Å². The summed E-state index contributed by atoms with van der Waals surface area (Å²) >= 11 is 0. The third kappa shape index (κ3) is 2.74. The largest absolute Gasteiger partial charge is 0.395 e. The van der Waals surface area contributed by atoms with Crippen molar-refractivity contribution >= 4 is 17.2 Å². The molecule has 1 saturated heterocycles. The molecule has 0 aliphatic carbocycles. The average molecular weight is 290 g/mol. The highest BCUT2D eigenvalue weighted by Gasteiger charge is 2.21. The van der Waals surface area contributed by atoms with Gasteiger partial charge in [0, 0.05) is 38.4 Å². The fourth-order valence-corrected chi connectivity index (χ4v) is 2.55. The predicted molar refractivity (Wildman–Crippen MR) is 79.4 cm³/mol. The van der Waals surface area contributed by atoms with Crippen molar-refractivity contribution in [3.05, 3.63) is 48.2 Å². The van der Waals surface area contributed by atoms with E-state index in [0.717, 1.165) is 25.0 Å². The SMILES string of the molecule is Nc1c(F)cc(F)cc1N1CCN(c2ccccn2)CC1. The maximum Gasteiger partial charge on any atom is 0.151 e. The molecule has 0 amide bonds. The summed E-state index contributed by atoms with van der Waals surface area (Å²) in [4.78, 5) is 8.35. The van der Waals surface area contributed by atoms with Crippen LogP contribution < -0.4 is 15.5 Å². The van der Waals surface area contributed by atoms with E-state index in [9.17, 15) is 8.78 Å². The Kier molecular flexibility index (Phi) is 3.60. The van der Waals surface area contributed by atoms with Gasteiger partial charge in [0.05, 0.1) is 11.4 Å². The second-order valence-corrected chi connectivity index (χ2v) is 4.98. The lowest BCUT2D eigenvalue weighted by atomic mass is 10.2. The van der Waals surface area contributed by atoms with E-state index in [4.69, 9.17) is 5.73 Å². The Morgan fingerprint density at radius 3 is 2.38 bits per heavy atom. The Hall–Kier alpha value is -2.37. The highest BCUT2D eigenvalue weighted by molar-refractivity contribution is 5.68. The first-order valence-electron chi connectivity index (χ1n) is 6.80. The molecule has 1 aromatic heterocycles. The molecule has 0 saturated carbocycles. The van der Waals surface area contributed by atoms with Crippen LogP contribution in [0.25, 0.3) is 0 Å². The van der Waals surface area contributed by atoms with Crippen molar-refractivity contribution in [3.63, 3.8) is 0 Å². The Morgan fingerprint density at radius 1 is 1.00 bits per heavy atom. The average Bonchev–Trinajstić information content (AvgIpc) is 2.52. The first kappa shape index (κ1) is 13.6. The van der Waals surface area contributed by atoms with Crippen molar-refractivity contribution in [3.8, 4) is 0 Å². The zero-order valence-corrected chi connectivity index (χ0v) is 11.5. The summed E-state index contributed by atoms with van der Waals surface area (Å²) in [6.07, 6.45) is 1.75. The number of benzene rings is 1. The van der Waals surface area contributed by atoms with Gasteiger partial charge >= 0.3 is 0 Å². The summed E-state index contributed by atoms with van der Waals surface area (Å²) in [5.74, 6) is -0.406. The van der Waals surface area contributed by atoms with Crippen molar-refractivity contribution < 1.29 is 8.78 Å². The molecule has 0 unspecified atom stereocenters. The molecule has 0 atom stereocenters. The van der Waals surface area contributed by atoms with Crippen molar-refractivity contribution in [2.24, 2.45) is 0 Å². The van der Waals surface area contributed by atoms with E-state index in [0.29, 0.717) is 18.8 Å². The van der Waals surface area contributed by atoms with Gasteiger partial charge in [-0.05, 0) is 18.2 Å². The molecule has 110 valence electrons. The van der Waals surface area contributed by atoms with Gasteiger partial charge in [-0.3, -0.25) is 0 Å². The zero-order chi connectivity index (χ0) is 14.8. The molecule has 1 aromatic carbocycles. The molecule has 2 aromatic rings. The van der Waals surface area contributed by atoms with Gasteiger partial charge in [-0.2, -0.15) is 0 Å². The fraction of sp³-hybridized carbons (Fsp3) is 0.267. The second kappa shape index (κ2) is 5.55. The van der Waals surface area contributed by atoms with Gasteiger partial charge in [-0.1, -0.05) is 6.07 Å². The van der Waals surface area contributed by atoms with Crippen molar-refractivity contribution in [1.82, 2.24) is 4.98 Å². The lowest BCUT2D eigenvalue weighted by Gasteiger charge is -2.37. The predicted octanol–water partition coefficient (Wildman–Crippen LogP) is 2.27. The van der Waals surface area contributed by atoms with Gasteiger partial charge in [0.2, 0.25) is 0 Å². The standard InChI is InChI=1S/C15H16F2N4/c16-11-9-12(17)15(18)13(10-11)20-5-7-21(8-6-20)14-3-1-2-4-19-14/h1-4,9-10H,5-8,18H2.